The molecule has 2 aromatic rings. The summed E-state index contributed by atoms with van der Waals surface area (Å²) < 4.78 is 5.46. The number of carbonyl (C=O) groups is 1. The molecule has 1 atom stereocenters. The molecule has 3 nitrogen and oxygen atoms in total. The van der Waals surface area contributed by atoms with Crippen molar-refractivity contribution in [1.82, 2.24) is 4.90 Å². The van der Waals surface area contributed by atoms with Crippen LogP contribution in [0.5, 0.6) is 5.75 Å². The smallest absolute Gasteiger partial charge is 0.237 e. The van der Waals surface area contributed by atoms with E-state index in [0.29, 0.717) is 13.1 Å². The third-order valence-electron chi connectivity index (χ3n) is 3.88. The van der Waals surface area contributed by atoms with Crippen molar-refractivity contribution in [2.24, 2.45) is 0 Å². The van der Waals surface area contributed by atoms with Crippen LogP contribution in [0.1, 0.15) is 10.4 Å². The van der Waals surface area contributed by atoms with Gasteiger partial charge >= 0.3 is 0 Å². The van der Waals surface area contributed by atoms with E-state index in [1.807, 2.05) is 47.0 Å². The predicted octanol–water partition coefficient (Wildman–Crippen LogP) is 4.13. The van der Waals surface area contributed by atoms with Gasteiger partial charge in [0.05, 0.1) is 18.9 Å². The first-order chi connectivity index (χ1) is 11.8. The summed E-state index contributed by atoms with van der Waals surface area (Å²) in [5.41, 5.74) is 1.05. The van der Waals surface area contributed by atoms with Crippen LogP contribution in [0, 0.1) is 0 Å². The SMILES string of the molecule is COc1ccccc1CN(Cc1cccs1)C(=O)C1CSCCS1. The Labute approximate surface area is 155 Å². The van der Waals surface area contributed by atoms with E-state index in [-0.39, 0.29) is 11.2 Å². The van der Waals surface area contributed by atoms with Gasteiger partial charge in [-0.15, -0.1) is 23.1 Å². The number of amides is 1. The van der Waals surface area contributed by atoms with E-state index in [1.54, 1.807) is 30.2 Å². The van der Waals surface area contributed by atoms with Crippen LogP contribution in [0.25, 0.3) is 0 Å². The maximum absolute atomic E-state index is 13.1. The van der Waals surface area contributed by atoms with Crippen LogP contribution in [0.4, 0.5) is 0 Å². The summed E-state index contributed by atoms with van der Waals surface area (Å²) in [6.07, 6.45) is 0. The van der Waals surface area contributed by atoms with Crippen LogP contribution in [-0.2, 0) is 17.9 Å². The minimum Gasteiger partial charge on any atom is -0.496 e. The van der Waals surface area contributed by atoms with E-state index >= 15 is 0 Å². The number of ether oxygens (including phenoxy) is 1. The number of thiophene rings is 1. The molecule has 1 saturated heterocycles. The summed E-state index contributed by atoms with van der Waals surface area (Å²) in [4.78, 5) is 16.3. The van der Waals surface area contributed by atoms with Crippen LogP contribution < -0.4 is 4.74 Å². The first-order valence-electron chi connectivity index (χ1n) is 7.90. The maximum Gasteiger partial charge on any atom is 0.237 e. The minimum absolute atomic E-state index is 0.0680. The van der Waals surface area contributed by atoms with Gasteiger partial charge in [-0.25, -0.2) is 0 Å². The summed E-state index contributed by atoms with van der Waals surface area (Å²) in [5.74, 6) is 4.20. The van der Waals surface area contributed by atoms with Gasteiger partial charge in [-0.1, -0.05) is 24.3 Å². The van der Waals surface area contributed by atoms with Crippen molar-refractivity contribution in [2.45, 2.75) is 18.3 Å². The second-order valence-electron chi connectivity index (χ2n) is 5.52. The molecule has 0 radical (unpaired) electrons. The van der Waals surface area contributed by atoms with Gasteiger partial charge in [-0.05, 0) is 17.5 Å². The Morgan fingerprint density at radius 2 is 2.08 bits per heavy atom. The maximum atomic E-state index is 13.1. The number of rotatable bonds is 6. The molecule has 1 aliphatic rings. The van der Waals surface area contributed by atoms with E-state index in [1.165, 1.54) is 4.88 Å². The molecule has 1 unspecified atom stereocenters. The van der Waals surface area contributed by atoms with E-state index < -0.39 is 0 Å². The molecule has 6 heteroatoms. The Hall–Kier alpha value is -1.11. The predicted molar refractivity (Wildman–Crippen MR) is 105 cm³/mol. The highest BCUT2D eigenvalue weighted by Crippen LogP contribution is 2.28. The van der Waals surface area contributed by atoms with E-state index in [2.05, 4.69) is 11.4 Å². The zero-order chi connectivity index (χ0) is 16.8. The molecule has 1 amide bonds. The van der Waals surface area contributed by atoms with Crippen LogP contribution >= 0.6 is 34.9 Å². The summed E-state index contributed by atoms with van der Waals surface area (Å²) in [6.45, 7) is 1.25. The number of carbonyl (C=O) groups excluding carboxylic acids is 1. The number of hydrogen-bond donors (Lipinski definition) is 0. The highest BCUT2D eigenvalue weighted by molar-refractivity contribution is 8.07. The van der Waals surface area contributed by atoms with Crippen molar-refractivity contribution in [1.29, 1.82) is 0 Å². The quantitative estimate of drug-likeness (QED) is 0.755. The Kier molecular flexibility index (Phi) is 6.51. The number of hydrogen-bond acceptors (Lipinski definition) is 5. The molecule has 0 bridgehead atoms. The Bertz CT molecular complexity index is 654. The molecule has 1 aromatic heterocycles. The lowest BCUT2D eigenvalue weighted by molar-refractivity contribution is -0.131. The summed E-state index contributed by atoms with van der Waals surface area (Å²) in [6, 6.07) is 12.1. The highest BCUT2D eigenvalue weighted by Gasteiger charge is 2.27. The van der Waals surface area contributed by atoms with Crippen molar-refractivity contribution in [3.8, 4) is 5.75 Å². The van der Waals surface area contributed by atoms with Gasteiger partial charge in [-0.3, -0.25) is 4.79 Å². The standard InChI is InChI=1S/C18H21NO2S3/c1-21-16-7-3-2-5-14(16)11-19(12-15-6-4-8-23-15)18(20)17-13-22-9-10-24-17/h2-8,17H,9-13H2,1H3. The fraction of sp³-hybridized carbons (Fsp3) is 0.389. The fourth-order valence-electron chi connectivity index (χ4n) is 2.68. The van der Waals surface area contributed by atoms with E-state index in [0.717, 1.165) is 28.6 Å². The second kappa shape index (κ2) is 8.83. The van der Waals surface area contributed by atoms with Crippen molar-refractivity contribution in [2.75, 3.05) is 24.4 Å². The lowest BCUT2D eigenvalue weighted by atomic mass is 10.1. The van der Waals surface area contributed by atoms with Crippen molar-refractivity contribution in [3.63, 3.8) is 0 Å². The molecule has 128 valence electrons. The number of thioether (sulfide) groups is 2. The average Bonchev–Trinajstić information content (AvgIpc) is 3.15. The van der Waals surface area contributed by atoms with Gasteiger partial charge in [0.25, 0.3) is 0 Å². The molecule has 1 aromatic carbocycles. The topological polar surface area (TPSA) is 29.5 Å². The number of para-hydroxylation sites is 1. The zero-order valence-electron chi connectivity index (χ0n) is 13.6. The third kappa shape index (κ3) is 4.49. The highest BCUT2D eigenvalue weighted by atomic mass is 32.2. The lowest BCUT2D eigenvalue weighted by Gasteiger charge is -2.29. The number of methoxy groups -OCH3 is 1. The van der Waals surface area contributed by atoms with E-state index in [9.17, 15) is 4.79 Å². The molecule has 0 saturated carbocycles. The molecule has 1 fully saturated rings. The van der Waals surface area contributed by atoms with Gasteiger partial charge in [0.1, 0.15) is 5.75 Å². The first kappa shape index (κ1) is 17.7. The van der Waals surface area contributed by atoms with Gasteiger partial charge in [0.2, 0.25) is 5.91 Å². The van der Waals surface area contributed by atoms with Crippen LogP contribution in [0.2, 0.25) is 0 Å². The normalized spacial score (nSPS) is 17.5. The Morgan fingerprint density at radius 1 is 1.21 bits per heavy atom. The summed E-state index contributed by atoms with van der Waals surface area (Å²) >= 11 is 5.37. The molecule has 24 heavy (non-hydrogen) atoms. The zero-order valence-corrected chi connectivity index (χ0v) is 16.1. The van der Waals surface area contributed by atoms with Gasteiger partial charge < -0.3 is 9.64 Å². The number of benzene rings is 1. The van der Waals surface area contributed by atoms with Gasteiger partial charge in [0, 0.05) is 34.2 Å². The van der Waals surface area contributed by atoms with Crippen LogP contribution in [-0.4, -0.2) is 40.4 Å². The van der Waals surface area contributed by atoms with Crippen molar-refractivity contribution >= 4 is 40.8 Å². The second-order valence-corrected chi connectivity index (χ2v) is 9.01. The van der Waals surface area contributed by atoms with E-state index in [4.69, 9.17) is 4.74 Å². The van der Waals surface area contributed by atoms with Gasteiger partial charge in [-0.2, -0.15) is 11.8 Å². The first-order valence-corrected chi connectivity index (χ1v) is 11.0. The van der Waals surface area contributed by atoms with Crippen molar-refractivity contribution < 1.29 is 9.53 Å². The molecular formula is C18H21NO2S3. The number of nitrogens with zero attached hydrogens (tertiary/aromatic N) is 1. The minimum atomic E-state index is 0.0680. The Morgan fingerprint density at radius 3 is 2.79 bits per heavy atom. The molecule has 0 spiro atoms. The third-order valence-corrected chi connectivity index (χ3v) is 7.49. The average molecular weight is 380 g/mol. The summed E-state index contributed by atoms with van der Waals surface area (Å²) in [7, 11) is 1.68. The largest absolute Gasteiger partial charge is 0.496 e. The Balaban J connectivity index is 1.79. The van der Waals surface area contributed by atoms with Crippen LogP contribution in [0.3, 0.4) is 0 Å². The molecule has 3 rings (SSSR count). The molecule has 2 heterocycles. The van der Waals surface area contributed by atoms with Crippen molar-refractivity contribution in [3.05, 3.63) is 52.2 Å². The molecule has 1 aliphatic heterocycles. The lowest BCUT2D eigenvalue weighted by Crippen LogP contribution is -2.39. The molecule has 0 N–H and O–H groups in total. The van der Waals surface area contributed by atoms with Gasteiger partial charge in [0.15, 0.2) is 0 Å². The fourth-order valence-corrected chi connectivity index (χ4v) is 6.02. The monoisotopic (exact) mass is 379 g/mol. The molecule has 0 aliphatic carbocycles. The van der Waals surface area contributed by atoms with Crippen LogP contribution in [0.15, 0.2) is 41.8 Å². The summed E-state index contributed by atoms with van der Waals surface area (Å²) in [5, 5.41) is 2.13. The molecular weight excluding hydrogens is 358 g/mol.